The maximum Gasteiger partial charge on any atom is 0.416 e. The molecule has 0 fully saturated rings. The zero-order chi connectivity index (χ0) is 20.0. The molecule has 0 unspecified atom stereocenters. The van der Waals surface area contributed by atoms with Gasteiger partial charge in [0, 0.05) is 6.42 Å². The van der Waals surface area contributed by atoms with Crippen LogP contribution in [0.2, 0.25) is 0 Å². The van der Waals surface area contributed by atoms with Crippen molar-refractivity contribution in [3.8, 4) is 6.07 Å². The van der Waals surface area contributed by atoms with E-state index in [1.807, 2.05) is 6.07 Å². The van der Waals surface area contributed by atoms with Gasteiger partial charge in [0.25, 0.3) is 0 Å². The molecule has 2 rings (SSSR count). The molecule has 2 N–H and O–H groups in total. The van der Waals surface area contributed by atoms with Gasteiger partial charge in [-0.15, -0.1) is 0 Å². The second-order valence-corrected chi connectivity index (χ2v) is 5.85. The summed E-state index contributed by atoms with van der Waals surface area (Å²) in [6.07, 6.45) is -4.91. The highest BCUT2D eigenvalue weighted by Gasteiger charge is 2.30. The number of alkyl halides is 3. The molecule has 0 radical (unpaired) electrons. The van der Waals surface area contributed by atoms with E-state index in [0.717, 1.165) is 12.1 Å². The Balaban J connectivity index is 2.04. The number of hydrogen-bond donors (Lipinski definition) is 2. The highest BCUT2D eigenvalue weighted by atomic mass is 19.4. The zero-order valence-electron chi connectivity index (χ0n) is 14.0. The lowest BCUT2D eigenvalue weighted by molar-refractivity contribution is -0.141. The van der Waals surface area contributed by atoms with Crippen LogP contribution in [0.15, 0.2) is 48.5 Å². The Kier molecular flexibility index (Phi) is 6.19. The van der Waals surface area contributed by atoms with Gasteiger partial charge in [0.15, 0.2) is 0 Å². The number of nitrogens with zero attached hydrogens (tertiary/aromatic N) is 1. The molecule has 0 spiro atoms. The number of nitrogens with one attached hydrogen (secondary N) is 1. The van der Waals surface area contributed by atoms with Crippen molar-refractivity contribution in [1.29, 1.82) is 5.26 Å². The normalized spacial score (nSPS) is 12.1. The van der Waals surface area contributed by atoms with Crippen molar-refractivity contribution in [3.05, 3.63) is 70.8 Å². The van der Waals surface area contributed by atoms with E-state index in [4.69, 9.17) is 5.26 Å². The molecule has 0 bridgehead atoms. The Hall–Kier alpha value is -3.34. The first kappa shape index (κ1) is 20.0. The van der Waals surface area contributed by atoms with Gasteiger partial charge in [-0.05, 0) is 29.3 Å². The predicted octanol–water partition coefficient (Wildman–Crippen LogP) is 2.93. The molecule has 0 aliphatic heterocycles. The summed E-state index contributed by atoms with van der Waals surface area (Å²) in [6.45, 7) is 0. The number of carbonyl (C=O) groups is 2. The SMILES string of the molecule is N#Cc1ccc(C[C@H](NC(=O)Cc2cccc(C(F)(F)F)c2)C(=O)O)cc1. The van der Waals surface area contributed by atoms with Crippen LogP contribution in [0.3, 0.4) is 0 Å². The number of carboxylic acids is 1. The molecule has 0 aliphatic rings. The van der Waals surface area contributed by atoms with Crippen LogP contribution >= 0.6 is 0 Å². The molecule has 2 aromatic carbocycles. The maximum atomic E-state index is 12.7. The van der Waals surface area contributed by atoms with Crippen molar-refractivity contribution >= 4 is 11.9 Å². The molecule has 0 saturated heterocycles. The van der Waals surface area contributed by atoms with E-state index in [-0.39, 0.29) is 18.4 Å². The average Bonchev–Trinajstić information content (AvgIpc) is 2.61. The lowest BCUT2D eigenvalue weighted by Crippen LogP contribution is -2.43. The smallest absolute Gasteiger partial charge is 0.416 e. The average molecular weight is 376 g/mol. The fourth-order valence-electron chi connectivity index (χ4n) is 2.44. The lowest BCUT2D eigenvalue weighted by atomic mass is 10.0. The van der Waals surface area contributed by atoms with Crippen LogP contribution in [0.25, 0.3) is 0 Å². The number of aliphatic carboxylic acids is 1. The van der Waals surface area contributed by atoms with Crippen molar-refractivity contribution in [2.75, 3.05) is 0 Å². The second kappa shape index (κ2) is 8.36. The number of amides is 1. The molecular formula is C19H15F3N2O3. The van der Waals surface area contributed by atoms with Gasteiger partial charge < -0.3 is 10.4 Å². The molecule has 2 aromatic rings. The summed E-state index contributed by atoms with van der Waals surface area (Å²) in [4.78, 5) is 23.5. The number of benzene rings is 2. The predicted molar refractivity (Wildman–Crippen MR) is 89.6 cm³/mol. The van der Waals surface area contributed by atoms with Crippen LogP contribution in [-0.4, -0.2) is 23.0 Å². The largest absolute Gasteiger partial charge is 0.480 e. The third-order valence-electron chi connectivity index (χ3n) is 3.78. The van der Waals surface area contributed by atoms with E-state index in [1.165, 1.54) is 24.3 Å². The Morgan fingerprint density at radius 3 is 2.33 bits per heavy atom. The highest BCUT2D eigenvalue weighted by Crippen LogP contribution is 2.29. The van der Waals surface area contributed by atoms with Gasteiger partial charge in [-0.25, -0.2) is 4.79 Å². The first-order chi connectivity index (χ1) is 12.7. The van der Waals surface area contributed by atoms with Gasteiger partial charge in [-0.1, -0.05) is 30.3 Å². The van der Waals surface area contributed by atoms with Gasteiger partial charge in [0.05, 0.1) is 23.6 Å². The van der Waals surface area contributed by atoms with Gasteiger partial charge in [0.2, 0.25) is 5.91 Å². The third-order valence-corrected chi connectivity index (χ3v) is 3.78. The summed E-state index contributed by atoms with van der Waals surface area (Å²) in [5.41, 5.74) is 0.268. The molecule has 140 valence electrons. The Bertz CT molecular complexity index is 871. The number of rotatable bonds is 6. The molecule has 0 aromatic heterocycles. The van der Waals surface area contributed by atoms with Crippen LogP contribution in [0, 0.1) is 11.3 Å². The molecule has 8 heteroatoms. The minimum Gasteiger partial charge on any atom is -0.480 e. The monoisotopic (exact) mass is 376 g/mol. The highest BCUT2D eigenvalue weighted by molar-refractivity contribution is 5.85. The molecule has 27 heavy (non-hydrogen) atoms. The second-order valence-electron chi connectivity index (χ2n) is 5.85. The number of hydrogen-bond acceptors (Lipinski definition) is 3. The first-order valence-electron chi connectivity index (χ1n) is 7.86. The Labute approximate surface area is 153 Å². The summed E-state index contributed by atoms with van der Waals surface area (Å²) in [6, 6.07) is 11.2. The standard InChI is InChI=1S/C19H15F3N2O3/c20-19(21,22)15-3-1-2-14(8-15)10-17(25)24-16(18(26)27)9-12-4-6-13(11-23)7-5-12/h1-8,16H,9-10H2,(H,24,25)(H,26,27)/t16-/m0/s1. The van der Waals surface area contributed by atoms with Crippen molar-refractivity contribution in [2.24, 2.45) is 0 Å². The summed E-state index contributed by atoms with van der Waals surface area (Å²) < 4.78 is 38.2. The van der Waals surface area contributed by atoms with E-state index in [9.17, 15) is 27.9 Å². The van der Waals surface area contributed by atoms with E-state index in [2.05, 4.69) is 5.32 Å². The minimum absolute atomic E-state index is 0.0185. The summed E-state index contributed by atoms with van der Waals surface area (Å²) in [7, 11) is 0. The first-order valence-corrected chi connectivity index (χ1v) is 7.86. The maximum absolute atomic E-state index is 12.7. The molecule has 0 saturated carbocycles. The molecular weight excluding hydrogens is 361 g/mol. The van der Waals surface area contributed by atoms with Gasteiger partial charge in [-0.2, -0.15) is 18.4 Å². The Morgan fingerprint density at radius 1 is 1.11 bits per heavy atom. The molecule has 1 atom stereocenters. The molecule has 0 heterocycles. The number of nitriles is 1. The molecule has 5 nitrogen and oxygen atoms in total. The Morgan fingerprint density at radius 2 is 1.78 bits per heavy atom. The quantitative estimate of drug-likeness (QED) is 0.811. The van der Waals surface area contributed by atoms with Crippen LogP contribution in [0.1, 0.15) is 22.3 Å². The van der Waals surface area contributed by atoms with Crippen LogP contribution in [0.5, 0.6) is 0 Å². The van der Waals surface area contributed by atoms with Crippen molar-refractivity contribution < 1.29 is 27.9 Å². The third kappa shape index (κ3) is 5.85. The number of halogens is 3. The van der Waals surface area contributed by atoms with Gasteiger partial charge in [-0.3, -0.25) is 4.79 Å². The van der Waals surface area contributed by atoms with E-state index in [0.29, 0.717) is 11.1 Å². The van der Waals surface area contributed by atoms with Crippen LogP contribution < -0.4 is 5.32 Å². The van der Waals surface area contributed by atoms with E-state index < -0.39 is 29.7 Å². The van der Waals surface area contributed by atoms with Gasteiger partial charge >= 0.3 is 12.1 Å². The molecule has 1 amide bonds. The fourth-order valence-corrected chi connectivity index (χ4v) is 2.44. The van der Waals surface area contributed by atoms with Crippen LogP contribution in [0.4, 0.5) is 13.2 Å². The fraction of sp³-hybridized carbons (Fsp3) is 0.211. The minimum atomic E-state index is -4.52. The number of carboxylic acid groups (broad SMARTS) is 1. The number of carbonyl (C=O) groups excluding carboxylic acids is 1. The van der Waals surface area contributed by atoms with Crippen molar-refractivity contribution in [1.82, 2.24) is 5.32 Å². The van der Waals surface area contributed by atoms with Crippen LogP contribution in [-0.2, 0) is 28.6 Å². The topological polar surface area (TPSA) is 90.2 Å². The summed E-state index contributed by atoms with van der Waals surface area (Å²) in [5.74, 6) is -1.97. The van der Waals surface area contributed by atoms with Crippen molar-refractivity contribution in [3.63, 3.8) is 0 Å². The summed E-state index contributed by atoms with van der Waals surface area (Å²) in [5, 5.41) is 20.4. The zero-order valence-corrected chi connectivity index (χ0v) is 14.0. The summed E-state index contributed by atoms with van der Waals surface area (Å²) >= 11 is 0. The van der Waals surface area contributed by atoms with E-state index in [1.54, 1.807) is 12.1 Å². The van der Waals surface area contributed by atoms with Gasteiger partial charge in [0.1, 0.15) is 6.04 Å². The lowest BCUT2D eigenvalue weighted by Gasteiger charge is -2.15. The van der Waals surface area contributed by atoms with Crippen molar-refractivity contribution in [2.45, 2.75) is 25.1 Å². The van der Waals surface area contributed by atoms with E-state index >= 15 is 0 Å². The molecule has 0 aliphatic carbocycles.